The molecule has 5 rings (SSSR count). The zero-order chi connectivity index (χ0) is 24.3. The molecule has 0 bridgehead atoms. The Morgan fingerprint density at radius 1 is 1.06 bits per heavy atom. The van der Waals surface area contributed by atoms with E-state index in [0.717, 1.165) is 51.9 Å². The molecule has 1 aliphatic rings. The van der Waals surface area contributed by atoms with E-state index < -0.39 is 10.0 Å². The molecule has 1 fully saturated rings. The lowest BCUT2D eigenvalue weighted by molar-refractivity contribution is 0.0250. The highest BCUT2D eigenvalue weighted by molar-refractivity contribution is 7.95. The number of anilines is 3. The Bertz CT molecular complexity index is 1470. The summed E-state index contributed by atoms with van der Waals surface area (Å²) >= 11 is 0. The van der Waals surface area contributed by atoms with Crippen LogP contribution in [0.1, 0.15) is 11.8 Å². The molecule has 2 aromatic carbocycles. The number of benzene rings is 2. The molecule has 1 saturated heterocycles. The predicted octanol–water partition coefficient (Wildman–Crippen LogP) is 3.98. The molecule has 35 heavy (non-hydrogen) atoms. The van der Waals surface area contributed by atoms with E-state index in [0.29, 0.717) is 18.2 Å². The van der Waals surface area contributed by atoms with Crippen LogP contribution in [0.3, 0.4) is 0 Å². The second-order valence-corrected chi connectivity index (χ2v) is 9.62. The molecule has 3 N–H and O–H groups in total. The van der Waals surface area contributed by atoms with E-state index in [4.69, 9.17) is 9.72 Å². The number of hydrogen-bond acceptors (Lipinski definition) is 8. The van der Waals surface area contributed by atoms with E-state index in [1.54, 1.807) is 30.6 Å². The topological polar surface area (TPSA) is 118 Å². The molecule has 10 heteroatoms. The number of pyridine rings is 1. The normalized spacial score (nSPS) is 16.1. The molecule has 9 nitrogen and oxygen atoms in total. The van der Waals surface area contributed by atoms with Gasteiger partial charge in [-0.3, -0.25) is 9.71 Å². The first-order valence-corrected chi connectivity index (χ1v) is 12.6. The Balaban J connectivity index is 1.42. The molecule has 0 radical (unpaired) electrons. The van der Waals surface area contributed by atoms with Crippen LogP contribution in [0.2, 0.25) is 0 Å². The van der Waals surface area contributed by atoms with Crippen LogP contribution in [0.25, 0.3) is 22.0 Å². The molecule has 4 aromatic rings. The highest BCUT2D eigenvalue weighted by Gasteiger charge is 2.17. The molecule has 1 atom stereocenters. The van der Waals surface area contributed by atoms with Crippen molar-refractivity contribution in [2.45, 2.75) is 6.10 Å². The fourth-order valence-corrected chi connectivity index (χ4v) is 4.40. The van der Waals surface area contributed by atoms with E-state index in [1.165, 1.54) is 0 Å². The maximum Gasteiger partial charge on any atom is 0.254 e. The van der Waals surface area contributed by atoms with Gasteiger partial charge in [-0.2, -0.15) is 0 Å². The van der Waals surface area contributed by atoms with Gasteiger partial charge in [-0.05, 0) is 29.8 Å². The van der Waals surface area contributed by atoms with Crippen molar-refractivity contribution in [1.29, 1.82) is 0 Å². The van der Waals surface area contributed by atoms with Crippen LogP contribution in [0, 0.1) is 0 Å². The standard InChI is InChI=1S/C25H24N6O3S/c1-2-35(32,33)31-19-7-3-5-17(13-19)21-8-4-6-18-14-28-25(30-24(18)21)29-20-9-10-22(27-15-20)23-16-26-11-12-34-23/h2-10,13-15,23,26,31H,1,11-12,16H2,(H,28,29,30). The quantitative estimate of drug-likeness (QED) is 0.358. The molecule has 0 amide bonds. The number of hydrogen-bond donors (Lipinski definition) is 3. The van der Waals surface area contributed by atoms with Crippen LogP contribution in [0.15, 0.2) is 79.0 Å². The summed E-state index contributed by atoms with van der Waals surface area (Å²) in [6.45, 7) is 5.60. The minimum Gasteiger partial charge on any atom is -0.369 e. The average molecular weight is 489 g/mol. The Morgan fingerprint density at radius 2 is 1.94 bits per heavy atom. The van der Waals surface area contributed by atoms with Gasteiger partial charge < -0.3 is 15.4 Å². The Kier molecular flexibility index (Phi) is 6.41. The van der Waals surface area contributed by atoms with Gasteiger partial charge in [-0.1, -0.05) is 36.9 Å². The molecular formula is C25H24N6O3S. The van der Waals surface area contributed by atoms with Crippen LogP contribution >= 0.6 is 0 Å². The molecule has 2 aromatic heterocycles. The van der Waals surface area contributed by atoms with E-state index in [-0.39, 0.29) is 6.10 Å². The number of sulfonamides is 1. The minimum atomic E-state index is -3.60. The number of rotatable bonds is 7. The third kappa shape index (κ3) is 5.29. The maximum absolute atomic E-state index is 11.9. The van der Waals surface area contributed by atoms with Crippen molar-refractivity contribution in [3.05, 3.63) is 84.7 Å². The lowest BCUT2D eigenvalue weighted by Gasteiger charge is -2.23. The summed E-state index contributed by atoms with van der Waals surface area (Å²) in [5.41, 5.74) is 4.47. The number of nitrogens with zero attached hydrogens (tertiary/aromatic N) is 3. The molecule has 1 unspecified atom stereocenters. The van der Waals surface area contributed by atoms with Crippen LogP contribution < -0.4 is 15.4 Å². The average Bonchev–Trinajstić information content (AvgIpc) is 2.89. The first kappa shape index (κ1) is 22.9. The summed E-state index contributed by atoms with van der Waals surface area (Å²) in [5.74, 6) is 0.429. The van der Waals surface area contributed by atoms with E-state index in [2.05, 4.69) is 31.9 Å². The van der Waals surface area contributed by atoms with Crippen LogP contribution in [0.4, 0.5) is 17.3 Å². The second kappa shape index (κ2) is 9.79. The van der Waals surface area contributed by atoms with Crippen molar-refractivity contribution >= 4 is 38.2 Å². The Hall–Kier alpha value is -3.86. The fourth-order valence-electron chi connectivity index (χ4n) is 3.86. The van der Waals surface area contributed by atoms with Gasteiger partial charge >= 0.3 is 0 Å². The van der Waals surface area contributed by atoms with Crippen molar-refractivity contribution in [2.24, 2.45) is 0 Å². The molecule has 0 aliphatic carbocycles. The molecule has 0 spiro atoms. The SMILES string of the molecule is C=CS(=O)(=O)Nc1cccc(-c2cccc3cnc(Nc4ccc(C5CNCCO5)nc4)nc23)c1. The molecule has 3 heterocycles. The molecular weight excluding hydrogens is 464 g/mol. The fraction of sp³-hybridized carbons (Fsp3) is 0.160. The van der Waals surface area contributed by atoms with Gasteiger partial charge in [0.2, 0.25) is 5.95 Å². The zero-order valence-corrected chi connectivity index (χ0v) is 19.6. The van der Waals surface area contributed by atoms with Gasteiger partial charge in [-0.25, -0.2) is 18.4 Å². The lowest BCUT2D eigenvalue weighted by Crippen LogP contribution is -2.33. The number of ether oxygens (including phenoxy) is 1. The molecule has 0 saturated carbocycles. The number of para-hydroxylation sites is 1. The number of aromatic nitrogens is 3. The third-order valence-electron chi connectivity index (χ3n) is 5.56. The number of morpholine rings is 1. The van der Waals surface area contributed by atoms with Crippen molar-refractivity contribution in [1.82, 2.24) is 20.3 Å². The minimum absolute atomic E-state index is 0.0519. The van der Waals surface area contributed by atoms with Crippen molar-refractivity contribution in [3.63, 3.8) is 0 Å². The highest BCUT2D eigenvalue weighted by atomic mass is 32.2. The maximum atomic E-state index is 11.9. The summed E-state index contributed by atoms with van der Waals surface area (Å²) in [6, 6.07) is 16.8. The Labute approximate surface area is 203 Å². The van der Waals surface area contributed by atoms with Gasteiger partial charge in [-0.15, -0.1) is 0 Å². The van der Waals surface area contributed by atoms with Crippen LogP contribution in [-0.4, -0.2) is 43.1 Å². The van der Waals surface area contributed by atoms with Crippen molar-refractivity contribution < 1.29 is 13.2 Å². The largest absolute Gasteiger partial charge is 0.369 e. The second-order valence-electron chi connectivity index (χ2n) is 7.99. The van der Waals surface area contributed by atoms with Gasteiger partial charge in [0, 0.05) is 41.3 Å². The van der Waals surface area contributed by atoms with Gasteiger partial charge in [0.05, 0.1) is 29.7 Å². The highest BCUT2D eigenvalue weighted by Crippen LogP contribution is 2.30. The summed E-state index contributed by atoms with van der Waals surface area (Å²) in [6.07, 6.45) is 3.44. The van der Waals surface area contributed by atoms with Crippen molar-refractivity contribution in [3.8, 4) is 11.1 Å². The van der Waals surface area contributed by atoms with Gasteiger partial charge in [0.15, 0.2) is 0 Å². The number of nitrogens with one attached hydrogen (secondary N) is 3. The summed E-state index contributed by atoms with van der Waals surface area (Å²) in [4.78, 5) is 13.7. The number of fused-ring (bicyclic) bond motifs is 1. The predicted molar refractivity (Wildman–Crippen MR) is 137 cm³/mol. The molecule has 178 valence electrons. The third-order valence-corrected chi connectivity index (χ3v) is 6.52. The summed E-state index contributed by atoms with van der Waals surface area (Å²) < 4.78 is 32.0. The van der Waals surface area contributed by atoms with Crippen LogP contribution in [0.5, 0.6) is 0 Å². The smallest absolute Gasteiger partial charge is 0.254 e. The summed E-state index contributed by atoms with van der Waals surface area (Å²) in [5, 5.41) is 8.25. The van der Waals surface area contributed by atoms with E-state index in [1.807, 2.05) is 36.4 Å². The van der Waals surface area contributed by atoms with E-state index >= 15 is 0 Å². The summed E-state index contributed by atoms with van der Waals surface area (Å²) in [7, 11) is -3.60. The Morgan fingerprint density at radius 3 is 2.71 bits per heavy atom. The van der Waals surface area contributed by atoms with Crippen molar-refractivity contribution in [2.75, 3.05) is 29.7 Å². The van der Waals surface area contributed by atoms with Gasteiger partial charge in [0.25, 0.3) is 10.0 Å². The molecule has 1 aliphatic heterocycles. The first-order valence-electron chi connectivity index (χ1n) is 11.1. The van der Waals surface area contributed by atoms with E-state index in [9.17, 15) is 8.42 Å². The first-order chi connectivity index (χ1) is 17.0. The lowest BCUT2D eigenvalue weighted by atomic mass is 10.0. The van der Waals surface area contributed by atoms with Gasteiger partial charge in [0.1, 0.15) is 6.10 Å². The van der Waals surface area contributed by atoms with Crippen LogP contribution in [-0.2, 0) is 14.8 Å². The zero-order valence-electron chi connectivity index (χ0n) is 18.8. The monoisotopic (exact) mass is 488 g/mol.